The standard InChI is InChI=1S/C15H14FN3O/c1-2-20-12-6-3-10(4-7-12)14-15(17)19-9-11(16)5-8-13(19)18-14/h3-9H,2,17H2,1H3. The van der Waals surface area contributed by atoms with Crippen LogP contribution in [0.1, 0.15) is 6.92 Å². The first-order valence-electron chi connectivity index (χ1n) is 6.35. The Kier molecular flexibility index (Phi) is 3.02. The summed E-state index contributed by atoms with van der Waals surface area (Å²) in [5.41, 5.74) is 8.17. The molecule has 0 aliphatic rings. The highest BCUT2D eigenvalue weighted by Gasteiger charge is 2.11. The van der Waals surface area contributed by atoms with Crippen LogP contribution in [0.25, 0.3) is 16.9 Å². The van der Waals surface area contributed by atoms with Crippen molar-refractivity contribution < 1.29 is 9.13 Å². The van der Waals surface area contributed by atoms with Gasteiger partial charge in [-0.2, -0.15) is 0 Å². The summed E-state index contributed by atoms with van der Waals surface area (Å²) in [6, 6.07) is 10.5. The van der Waals surface area contributed by atoms with Crippen molar-refractivity contribution >= 4 is 11.5 Å². The molecular weight excluding hydrogens is 257 g/mol. The number of aromatic nitrogens is 2. The summed E-state index contributed by atoms with van der Waals surface area (Å²) in [7, 11) is 0. The third kappa shape index (κ3) is 2.07. The zero-order chi connectivity index (χ0) is 14.1. The number of ether oxygens (including phenoxy) is 1. The predicted octanol–water partition coefficient (Wildman–Crippen LogP) is 3.12. The maximum Gasteiger partial charge on any atom is 0.140 e. The Balaban J connectivity index is 2.07. The fraction of sp³-hybridized carbons (Fsp3) is 0.133. The van der Waals surface area contributed by atoms with E-state index >= 15 is 0 Å². The molecule has 0 radical (unpaired) electrons. The molecular formula is C15H14FN3O. The van der Waals surface area contributed by atoms with Gasteiger partial charge in [0.25, 0.3) is 0 Å². The zero-order valence-corrected chi connectivity index (χ0v) is 11.0. The third-order valence-corrected chi connectivity index (χ3v) is 3.06. The van der Waals surface area contributed by atoms with Gasteiger partial charge in [-0.15, -0.1) is 0 Å². The Labute approximate surface area is 115 Å². The SMILES string of the molecule is CCOc1ccc(-c2nc3ccc(F)cn3c2N)cc1. The van der Waals surface area contributed by atoms with E-state index in [1.165, 1.54) is 12.3 Å². The van der Waals surface area contributed by atoms with Crippen LogP contribution >= 0.6 is 0 Å². The molecule has 3 rings (SSSR count). The Morgan fingerprint density at radius 3 is 2.65 bits per heavy atom. The van der Waals surface area contributed by atoms with E-state index in [1.54, 1.807) is 10.5 Å². The first-order chi connectivity index (χ1) is 9.69. The predicted molar refractivity (Wildman–Crippen MR) is 76.2 cm³/mol. The van der Waals surface area contributed by atoms with Crippen molar-refractivity contribution in [2.75, 3.05) is 12.3 Å². The van der Waals surface area contributed by atoms with E-state index in [-0.39, 0.29) is 5.82 Å². The topological polar surface area (TPSA) is 52.5 Å². The highest BCUT2D eigenvalue weighted by molar-refractivity contribution is 5.75. The monoisotopic (exact) mass is 271 g/mol. The van der Waals surface area contributed by atoms with Gasteiger partial charge in [-0.25, -0.2) is 9.37 Å². The molecule has 2 aromatic heterocycles. The second kappa shape index (κ2) is 4.85. The highest BCUT2D eigenvalue weighted by atomic mass is 19.1. The van der Waals surface area contributed by atoms with Crippen LogP contribution in [0, 0.1) is 5.82 Å². The van der Waals surface area contributed by atoms with E-state index in [0.717, 1.165) is 11.3 Å². The number of pyridine rings is 1. The maximum absolute atomic E-state index is 13.2. The van der Waals surface area contributed by atoms with Gasteiger partial charge in [0.1, 0.15) is 28.7 Å². The summed E-state index contributed by atoms with van der Waals surface area (Å²) in [6.07, 6.45) is 1.33. The molecule has 0 saturated carbocycles. The molecule has 2 heterocycles. The molecule has 3 aromatic rings. The Hall–Kier alpha value is -2.56. The zero-order valence-electron chi connectivity index (χ0n) is 11.0. The minimum atomic E-state index is -0.347. The van der Waals surface area contributed by atoms with Gasteiger partial charge < -0.3 is 10.5 Å². The fourth-order valence-electron chi connectivity index (χ4n) is 2.13. The fourth-order valence-corrected chi connectivity index (χ4v) is 2.13. The van der Waals surface area contributed by atoms with Gasteiger partial charge in [0.05, 0.1) is 6.61 Å². The number of nitrogen functional groups attached to an aromatic ring is 1. The Bertz CT molecular complexity index is 750. The molecule has 2 N–H and O–H groups in total. The van der Waals surface area contributed by atoms with Crippen molar-refractivity contribution in [3.63, 3.8) is 0 Å². The van der Waals surface area contributed by atoms with Crippen molar-refractivity contribution in [2.45, 2.75) is 6.92 Å². The number of benzene rings is 1. The quantitative estimate of drug-likeness (QED) is 0.796. The van der Waals surface area contributed by atoms with Gasteiger partial charge in [0.2, 0.25) is 0 Å². The summed E-state index contributed by atoms with van der Waals surface area (Å²) in [5, 5.41) is 0. The van der Waals surface area contributed by atoms with Crippen LogP contribution in [0.5, 0.6) is 5.75 Å². The molecule has 20 heavy (non-hydrogen) atoms. The molecule has 0 saturated heterocycles. The maximum atomic E-state index is 13.2. The summed E-state index contributed by atoms with van der Waals surface area (Å²) in [5.74, 6) is 0.869. The first kappa shape index (κ1) is 12.5. The lowest BCUT2D eigenvalue weighted by molar-refractivity contribution is 0.340. The average Bonchev–Trinajstić information content (AvgIpc) is 2.77. The molecule has 0 fully saturated rings. The van der Waals surface area contributed by atoms with Crippen LogP contribution < -0.4 is 10.5 Å². The van der Waals surface area contributed by atoms with Crippen molar-refractivity contribution in [1.82, 2.24) is 9.38 Å². The van der Waals surface area contributed by atoms with Crippen molar-refractivity contribution in [2.24, 2.45) is 0 Å². The normalized spacial score (nSPS) is 10.9. The minimum Gasteiger partial charge on any atom is -0.494 e. The number of hydrogen-bond acceptors (Lipinski definition) is 3. The number of halogens is 1. The molecule has 102 valence electrons. The lowest BCUT2D eigenvalue weighted by Crippen LogP contribution is -1.95. The molecule has 0 unspecified atom stereocenters. The third-order valence-electron chi connectivity index (χ3n) is 3.06. The summed E-state index contributed by atoms with van der Waals surface area (Å²) in [4.78, 5) is 4.43. The number of imidazole rings is 1. The summed E-state index contributed by atoms with van der Waals surface area (Å²) >= 11 is 0. The number of nitrogens with two attached hydrogens (primary N) is 1. The van der Waals surface area contributed by atoms with Crippen molar-refractivity contribution in [1.29, 1.82) is 0 Å². The second-order valence-corrected chi connectivity index (χ2v) is 4.38. The van der Waals surface area contributed by atoms with E-state index in [2.05, 4.69) is 4.98 Å². The molecule has 5 heteroatoms. The lowest BCUT2D eigenvalue weighted by Gasteiger charge is -2.04. The van der Waals surface area contributed by atoms with Crippen LogP contribution in [0.3, 0.4) is 0 Å². The Morgan fingerprint density at radius 1 is 1.20 bits per heavy atom. The summed E-state index contributed by atoms with van der Waals surface area (Å²) in [6.45, 7) is 2.55. The van der Waals surface area contributed by atoms with Crippen LogP contribution in [0.2, 0.25) is 0 Å². The van der Waals surface area contributed by atoms with Crippen molar-refractivity contribution in [3.05, 3.63) is 48.4 Å². The Morgan fingerprint density at radius 2 is 1.95 bits per heavy atom. The van der Waals surface area contributed by atoms with E-state index < -0.39 is 0 Å². The van der Waals surface area contributed by atoms with Gasteiger partial charge in [0, 0.05) is 11.8 Å². The molecule has 0 atom stereocenters. The van der Waals surface area contributed by atoms with Crippen LogP contribution in [-0.2, 0) is 0 Å². The lowest BCUT2D eigenvalue weighted by atomic mass is 10.1. The largest absolute Gasteiger partial charge is 0.494 e. The molecule has 0 aliphatic heterocycles. The van der Waals surface area contributed by atoms with E-state index in [1.807, 2.05) is 31.2 Å². The second-order valence-electron chi connectivity index (χ2n) is 4.38. The smallest absolute Gasteiger partial charge is 0.140 e. The van der Waals surface area contributed by atoms with E-state index in [0.29, 0.717) is 23.8 Å². The molecule has 0 spiro atoms. The minimum absolute atomic E-state index is 0.347. The molecule has 0 amide bonds. The number of rotatable bonds is 3. The van der Waals surface area contributed by atoms with Crippen LogP contribution in [-0.4, -0.2) is 16.0 Å². The number of hydrogen-bond donors (Lipinski definition) is 1. The number of fused-ring (bicyclic) bond motifs is 1. The molecule has 0 bridgehead atoms. The van der Waals surface area contributed by atoms with Crippen LogP contribution in [0.4, 0.5) is 10.2 Å². The molecule has 0 aliphatic carbocycles. The highest BCUT2D eigenvalue weighted by Crippen LogP contribution is 2.28. The molecule has 4 nitrogen and oxygen atoms in total. The van der Waals surface area contributed by atoms with Gasteiger partial charge in [-0.3, -0.25) is 4.40 Å². The average molecular weight is 271 g/mol. The van der Waals surface area contributed by atoms with E-state index in [4.69, 9.17) is 10.5 Å². The van der Waals surface area contributed by atoms with Crippen molar-refractivity contribution in [3.8, 4) is 17.0 Å². The van der Waals surface area contributed by atoms with Gasteiger partial charge in [-0.05, 0) is 43.3 Å². The summed E-state index contributed by atoms with van der Waals surface area (Å²) < 4.78 is 20.2. The van der Waals surface area contributed by atoms with E-state index in [9.17, 15) is 4.39 Å². The van der Waals surface area contributed by atoms with Gasteiger partial charge >= 0.3 is 0 Å². The van der Waals surface area contributed by atoms with Gasteiger partial charge in [0.15, 0.2) is 0 Å². The van der Waals surface area contributed by atoms with Gasteiger partial charge in [-0.1, -0.05) is 0 Å². The number of nitrogens with zero attached hydrogens (tertiary/aromatic N) is 2. The number of anilines is 1. The van der Waals surface area contributed by atoms with Crippen LogP contribution in [0.15, 0.2) is 42.6 Å². The first-order valence-corrected chi connectivity index (χ1v) is 6.35. The molecule has 1 aromatic carbocycles.